The number of β-amino-alcohol motifs (C(OH)–C–C–N with tert-alkyl or cyclic N) is 1. The summed E-state index contributed by atoms with van der Waals surface area (Å²) in [6.07, 6.45) is 3.73. The van der Waals surface area contributed by atoms with Crippen molar-refractivity contribution in [1.82, 2.24) is 15.1 Å². The first kappa shape index (κ1) is 10.6. The van der Waals surface area contributed by atoms with E-state index in [9.17, 15) is 5.11 Å². The van der Waals surface area contributed by atoms with Crippen LogP contribution in [-0.4, -0.2) is 33.6 Å². The molecule has 0 aromatic carbocycles. The van der Waals surface area contributed by atoms with E-state index in [1.54, 1.807) is 0 Å². The lowest BCUT2D eigenvalue weighted by atomic mass is 9.92. The molecule has 1 aliphatic heterocycles. The summed E-state index contributed by atoms with van der Waals surface area (Å²) < 4.78 is 1.98. The number of aromatic nitrogens is 2. The van der Waals surface area contributed by atoms with Gasteiger partial charge < -0.3 is 10.4 Å². The Morgan fingerprint density at radius 3 is 2.93 bits per heavy atom. The Morgan fingerprint density at radius 1 is 1.67 bits per heavy atom. The fourth-order valence-corrected chi connectivity index (χ4v) is 1.78. The maximum atomic E-state index is 9.96. The fraction of sp³-hybridized carbons (Fsp3) is 0.727. The maximum absolute atomic E-state index is 9.96. The Labute approximate surface area is 90.3 Å². The number of rotatable bonds is 4. The molecule has 4 nitrogen and oxygen atoms in total. The van der Waals surface area contributed by atoms with Gasteiger partial charge >= 0.3 is 0 Å². The van der Waals surface area contributed by atoms with Crippen molar-refractivity contribution in [3.8, 4) is 0 Å². The zero-order chi connectivity index (χ0) is 10.9. The van der Waals surface area contributed by atoms with Gasteiger partial charge in [-0.15, -0.1) is 0 Å². The van der Waals surface area contributed by atoms with E-state index < -0.39 is 5.60 Å². The van der Waals surface area contributed by atoms with Gasteiger partial charge in [0.05, 0.1) is 11.3 Å². The van der Waals surface area contributed by atoms with Crippen molar-refractivity contribution >= 4 is 0 Å². The van der Waals surface area contributed by atoms with E-state index >= 15 is 0 Å². The largest absolute Gasteiger partial charge is 0.387 e. The molecular weight excluding hydrogens is 190 g/mol. The lowest BCUT2D eigenvalue weighted by Gasteiger charge is -2.37. The Kier molecular flexibility index (Phi) is 2.80. The fourth-order valence-electron chi connectivity index (χ4n) is 1.78. The second-order valence-electron chi connectivity index (χ2n) is 4.55. The molecule has 2 rings (SSSR count). The average Bonchev–Trinajstić information content (AvgIpc) is 2.62. The van der Waals surface area contributed by atoms with Crippen molar-refractivity contribution in [1.29, 1.82) is 0 Å². The summed E-state index contributed by atoms with van der Waals surface area (Å²) in [4.78, 5) is 0. The third-order valence-electron chi connectivity index (χ3n) is 3.12. The minimum absolute atomic E-state index is 0.438. The Hall–Kier alpha value is -0.870. The highest BCUT2D eigenvalue weighted by Gasteiger charge is 2.34. The molecule has 1 saturated heterocycles. The molecule has 1 aromatic rings. The molecule has 0 saturated carbocycles. The molecule has 15 heavy (non-hydrogen) atoms. The van der Waals surface area contributed by atoms with Crippen LogP contribution in [0.2, 0.25) is 0 Å². The monoisotopic (exact) mass is 209 g/mol. The number of nitrogens with one attached hydrogen (secondary N) is 1. The molecule has 1 unspecified atom stereocenters. The van der Waals surface area contributed by atoms with Crippen LogP contribution in [0.25, 0.3) is 0 Å². The smallest absolute Gasteiger partial charge is 0.0950 e. The van der Waals surface area contributed by atoms with Gasteiger partial charge in [0.1, 0.15) is 0 Å². The van der Waals surface area contributed by atoms with E-state index in [4.69, 9.17) is 0 Å². The Morgan fingerprint density at radius 2 is 2.40 bits per heavy atom. The normalized spacial score (nSPS) is 21.0. The molecule has 2 heterocycles. The predicted octanol–water partition coefficient (Wildman–Crippen LogP) is 0.731. The number of hydrogen-bond acceptors (Lipinski definition) is 3. The van der Waals surface area contributed by atoms with Crippen molar-refractivity contribution in [2.24, 2.45) is 0 Å². The van der Waals surface area contributed by atoms with Crippen LogP contribution in [-0.2, 0) is 6.42 Å². The SMILES string of the molecule is CCC(C)n1ccc(CC2(O)CNC2)n1. The molecular formula is C11H19N3O. The van der Waals surface area contributed by atoms with Crippen LogP contribution in [0.3, 0.4) is 0 Å². The van der Waals surface area contributed by atoms with Gasteiger partial charge in [0.2, 0.25) is 0 Å². The molecule has 1 aromatic heterocycles. The molecule has 1 fully saturated rings. The van der Waals surface area contributed by atoms with Crippen LogP contribution in [0.4, 0.5) is 0 Å². The third kappa shape index (κ3) is 2.21. The van der Waals surface area contributed by atoms with E-state index in [0.29, 0.717) is 25.6 Å². The predicted molar refractivity (Wildman–Crippen MR) is 58.8 cm³/mol. The molecule has 84 valence electrons. The van der Waals surface area contributed by atoms with Gasteiger partial charge in [0.15, 0.2) is 0 Å². The van der Waals surface area contributed by atoms with E-state index in [2.05, 4.69) is 24.3 Å². The molecule has 0 aliphatic carbocycles. The summed E-state index contributed by atoms with van der Waals surface area (Å²) in [7, 11) is 0. The molecule has 0 radical (unpaired) electrons. The van der Waals surface area contributed by atoms with E-state index in [-0.39, 0.29) is 0 Å². The van der Waals surface area contributed by atoms with Crippen LogP contribution in [0.15, 0.2) is 12.3 Å². The van der Waals surface area contributed by atoms with Crippen molar-refractivity contribution in [2.45, 2.75) is 38.3 Å². The van der Waals surface area contributed by atoms with Gasteiger partial charge in [-0.1, -0.05) is 6.92 Å². The summed E-state index contributed by atoms with van der Waals surface area (Å²) in [5.74, 6) is 0. The third-order valence-corrected chi connectivity index (χ3v) is 3.12. The Balaban J connectivity index is 2.00. The summed E-state index contributed by atoms with van der Waals surface area (Å²) in [5.41, 5.74) is 0.425. The summed E-state index contributed by atoms with van der Waals surface area (Å²) in [6, 6.07) is 2.44. The highest BCUT2D eigenvalue weighted by Crippen LogP contribution is 2.17. The quantitative estimate of drug-likeness (QED) is 0.768. The van der Waals surface area contributed by atoms with Gasteiger partial charge in [-0.2, -0.15) is 5.10 Å². The first-order valence-electron chi connectivity index (χ1n) is 5.60. The van der Waals surface area contributed by atoms with Gasteiger partial charge in [-0.25, -0.2) is 0 Å². The summed E-state index contributed by atoms with van der Waals surface area (Å²) >= 11 is 0. The standard InChI is InChI=1S/C11H19N3O/c1-3-9(2)14-5-4-10(13-14)6-11(15)7-12-8-11/h4-5,9,12,15H,3,6-8H2,1-2H3. The van der Waals surface area contributed by atoms with Crippen molar-refractivity contribution < 1.29 is 5.11 Å². The first-order chi connectivity index (χ1) is 7.13. The molecule has 2 N–H and O–H groups in total. The number of aliphatic hydroxyl groups is 1. The van der Waals surface area contributed by atoms with E-state index in [1.807, 2.05) is 16.9 Å². The first-order valence-corrected chi connectivity index (χ1v) is 5.60. The topological polar surface area (TPSA) is 50.1 Å². The minimum atomic E-state index is -0.561. The van der Waals surface area contributed by atoms with E-state index in [1.165, 1.54) is 0 Å². The lowest BCUT2D eigenvalue weighted by Crippen LogP contribution is -2.60. The molecule has 0 bridgehead atoms. The lowest BCUT2D eigenvalue weighted by molar-refractivity contribution is -0.00995. The molecule has 4 heteroatoms. The second-order valence-corrected chi connectivity index (χ2v) is 4.55. The van der Waals surface area contributed by atoms with Crippen LogP contribution < -0.4 is 5.32 Å². The van der Waals surface area contributed by atoms with Crippen LogP contribution in [0.5, 0.6) is 0 Å². The number of nitrogens with zero attached hydrogens (tertiary/aromatic N) is 2. The zero-order valence-corrected chi connectivity index (χ0v) is 9.40. The maximum Gasteiger partial charge on any atom is 0.0950 e. The van der Waals surface area contributed by atoms with Gasteiger partial charge in [0, 0.05) is 31.7 Å². The highest BCUT2D eigenvalue weighted by atomic mass is 16.3. The Bertz CT molecular complexity index is 330. The molecule has 0 amide bonds. The van der Waals surface area contributed by atoms with Crippen LogP contribution in [0.1, 0.15) is 32.0 Å². The summed E-state index contributed by atoms with van der Waals surface area (Å²) in [5, 5.41) is 17.5. The van der Waals surface area contributed by atoms with Gasteiger partial charge in [-0.3, -0.25) is 4.68 Å². The van der Waals surface area contributed by atoms with Crippen molar-refractivity contribution in [2.75, 3.05) is 13.1 Å². The minimum Gasteiger partial charge on any atom is -0.387 e. The average molecular weight is 209 g/mol. The summed E-state index contributed by atoms with van der Waals surface area (Å²) in [6.45, 7) is 5.66. The van der Waals surface area contributed by atoms with Crippen molar-refractivity contribution in [3.63, 3.8) is 0 Å². The number of hydrogen-bond donors (Lipinski definition) is 2. The second kappa shape index (κ2) is 3.94. The van der Waals surface area contributed by atoms with Gasteiger partial charge in [0.25, 0.3) is 0 Å². The zero-order valence-electron chi connectivity index (χ0n) is 9.40. The molecule has 1 aliphatic rings. The van der Waals surface area contributed by atoms with Crippen molar-refractivity contribution in [3.05, 3.63) is 18.0 Å². The molecule has 1 atom stereocenters. The van der Waals surface area contributed by atoms with Gasteiger partial charge in [-0.05, 0) is 19.4 Å². The van der Waals surface area contributed by atoms with E-state index in [0.717, 1.165) is 12.1 Å². The highest BCUT2D eigenvalue weighted by molar-refractivity contribution is 5.08. The molecule has 0 spiro atoms. The van der Waals surface area contributed by atoms with Crippen LogP contribution >= 0.6 is 0 Å². The van der Waals surface area contributed by atoms with Crippen LogP contribution in [0, 0.1) is 0 Å².